The van der Waals surface area contributed by atoms with Crippen LogP contribution < -0.4 is 10.1 Å². The van der Waals surface area contributed by atoms with Crippen LogP contribution in [0.4, 0.5) is 10.1 Å². The maximum Gasteiger partial charge on any atom is 0.339 e. The summed E-state index contributed by atoms with van der Waals surface area (Å²) in [6.45, 7) is 0.788. The van der Waals surface area contributed by atoms with Crippen molar-refractivity contribution in [3.05, 3.63) is 59.4 Å². The van der Waals surface area contributed by atoms with Crippen LogP contribution in [0.1, 0.15) is 28.8 Å². The predicted octanol–water partition coefficient (Wildman–Crippen LogP) is 3.22. The lowest BCUT2D eigenvalue weighted by atomic mass is 9.73. The Morgan fingerprint density at radius 1 is 1.19 bits per heavy atom. The summed E-state index contributed by atoms with van der Waals surface area (Å²) >= 11 is 0. The van der Waals surface area contributed by atoms with Crippen molar-refractivity contribution in [2.45, 2.75) is 18.3 Å². The molecule has 1 fully saturated rings. The Morgan fingerprint density at radius 3 is 2.56 bits per heavy atom. The van der Waals surface area contributed by atoms with Gasteiger partial charge in [0.2, 0.25) is 5.91 Å². The normalized spacial score (nSPS) is 15.8. The van der Waals surface area contributed by atoms with Crippen LogP contribution in [-0.2, 0) is 14.9 Å². The Hall–Kier alpha value is -2.93. The number of rotatable bonds is 5. The number of amides is 1. The van der Waals surface area contributed by atoms with E-state index in [0.29, 0.717) is 37.3 Å². The molecule has 1 heterocycles. The predicted molar refractivity (Wildman–Crippen MR) is 96.7 cm³/mol. The largest absolute Gasteiger partial charge is 0.496 e. The molecule has 2 N–H and O–H groups in total. The lowest BCUT2D eigenvalue weighted by molar-refractivity contribution is -0.125. The highest BCUT2D eigenvalue weighted by atomic mass is 19.1. The van der Waals surface area contributed by atoms with Crippen LogP contribution in [0.25, 0.3) is 0 Å². The van der Waals surface area contributed by atoms with Crippen LogP contribution in [0.5, 0.6) is 5.75 Å². The number of benzene rings is 2. The fourth-order valence-electron chi connectivity index (χ4n) is 3.35. The van der Waals surface area contributed by atoms with E-state index in [2.05, 4.69) is 5.32 Å². The molecule has 0 saturated carbocycles. The van der Waals surface area contributed by atoms with Gasteiger partial charge < -0.3 is 19.9 Å². The van der Waals surface area contributed by atoms with Crippen LogP contribution in [0.3, 0.4) is 0 Å². The Kier molecular flexibility index (Phi) is 5.41. The summed E-state index contributed by atoms with van der Waals surface area (Å²) < 4.78 is 24.3. The van der Waals surface area contributed by atoms with Crippen LogP contribution in [0.2, 0.25) is 0 Å². The van der Waals surface area contributed by atoms with Crippen molar-refractivity contribution < 1.29 is 28.6 Å². The second-order valence-electron chi connectivity index (χ2n) is 6.38. The third kappa shape index (κ3) is 3.78. The van der Waals surface area contributed by atoms with Gasteiger partial charge in [0.15, 0.2) is 0 Å². The number of nitrogens with one attached hydrogen (secondary N) is 1. The zero-order valence-electron chi connectivity index (χ0n) is 14.8. The van der Waals surface area contributed by atoms with E-state index in [1.165, 1.54) is 37.4 Å². The van der Waals surface area contributed by atoms with E-state index in [1.54, 1.807) is 12.1 Å². The van der Waals surface area contributed by atoms with Gasteiger partial charge in [-0.1, -0.05) is 12.1 Å². The minimum Gasteiger partial charge on any atom is -0.496 e. The minimum absolute atomic E-state index is 0.00130. The highest BCUT2D eigenvalue weighted by molar-refractivity contribution is 6.00. The van der Waals surface area contributed by atoms with Crippen molar-refractivity contribution in [2.75, 3.05) is 25.6 Å². The number of carbonyl (C=O) groups excluding carboxylic acids is 1. The van der Waals surface area contributed by atoms with E-state index in [1.807, 2.05) is 0 Å². The zero-order valence-corrected chi connectivity index (χ0v) is 14.8. The summed E-state index contributed by atoms with van der Waals surface area (Å²) in [5, 5.41) is 12.0. The number of carboxylic acid groups (broad SMARTS) is 1. The summed E-state index contributed by atoms with van der Waals surface area (Å²) in [5.41, 5.74) is 0.0851. The van der Waals surface area contributed by atoms with Crippen molar-refractivity contribution >= 4 is 17.6 Å². The SMILES string of the molecule is COc1cc(NC(=O)C2(c3cccc(F)c3)CCOCC2)ccc1C(=O)O. The molecule has 1 amide bonds. The molecule has 0 bridgehead atoms. The molecule has 2 aromatic carbocycles. The molecule has 1 aliphatic heterocycles. The number of ether oxygens (including phenoxy) is 2. The van der Waals surface area contributed by atoms with Gasteiger partial charge in [-0.15, -0.1) is 0 Å². The van der Waals surface area contributed by atoms with Crippen molar-refractivity contribution in [1.29, 1.82) is 0 Å². The van der Waals surface area contributed by atoms with Crippen molar-refractivity contribution in [3.8, 4) is 5.75 Å². The van der Waals surface area contributed by atoms with E-state index < -0.39 is 17.2 Å². The first-order valence-corrected chi connectivity index (χ1v) is 8.53. The number of hydrogen-bond acceptors (Lipinski definition) is 4. The Bertz CT molecular complexity index is 861. The third-order valence-electron chi connectivity index (χ3n) is 4.85. The fraction of sp³-hybridized carbons (Fsp3) is 0.300. The van der Waals surface area contributed by atoms with Crippen LogP contribution >= 0.6 is 0 Å². The molecule has 7 heteroatoms. The molecule has 0 radical (unpaired) electrons. The molecule has 6 nitrogen and oxygen atoms in total. The van der Waals surface area contributed by atoms with Gasteiger partial charge in [0.25, 0.3) is 0 Å². The second-order valence-corrected chi connectivity index (χ2v) is 6.38. The summed E-state index contributed by atoms with van der Waals surface area (Å²) in [7, 11) is 1.36. The summed E-state index contributed by atoms with van der Waals surface area (Å²) in [4.78, 5) is 24.4. The Balaban J connectivity index is 1.93. The molecule has 0 aliphatic carbocycles. The summed E-state index contributed by atoms with van der Waals surface area (Å²) in [6, 6.07) is 10.4. The van der Waals surface area contributed by atoms with Crippen molar-refractivity contribution in [3.63, 3.8) is 0 Å². The highest BCUT2D eigenvalue weighted by Gasteiger charge is 2.42. The number of halogens is 1. The van der Waals surface area contributed by atoms with Gasteiger partial charge in [-0.05, 0) is 42.7 Å². The number of aromatic carboxylic acids is 1. The molecule has 0 unspecified atom stereocenters. The third-order valence-corrected chi connectivity index (χ3v) is 4.85. The minimum atomic E-state index is -1.12. The number of anilines is 1. The van der Waals surface area contributed by atoms with Gasteiger partial charge in [0, 0.05) is 25.0 Å². The standard InChI is InChI=1S/C20H20FNO5/c1-26-17-12-15(5-6-16(17)18(23)24)22-19(25)20(7-9-27-10-8-20)13-3-2-4-14(21)11-13/h2-6,11-12H,7-10H2,1H3,(H,22,25)(H,23,24). The second kappa shape index (κ2) is 7.75. The highest BCUT2D eigenvalue weighted by Crippen LogP contribution is 2.37. The Morgan fingerprint density at radius 2 is 1.93 bits per heavy atom. The van der Waals surface area contributed by atoms with Gasteiger partial charge in [0.05, 0.1) is 12.5 Å². The molecule has 2 aromatic rings. The molecule has 3 rings (SSSR count). The lowest BCUT2D eigenvalue weighted by Crippen LogP contribution is -2.44. The number of carbonyl (C=O) groups is 2. The first kappa shape index (κ1) is 18.8. The number of hydrogen-bond donors (Lipinski definition) is 2. The quantitative estimate of drug-likeness (QED) is 0.841. The van der Waals surface area contributed by atoms with E-state index in [4.69, 9.17) is 9.47 Å². The first-order chi connectivity index (χ1) is 13.0. The van der Waals surface area contributed by atoms with E-state index in [-0.39, 0.29) is 17.2 Å². The first-order valence-electron chi connectivity index (χ1n) is 8.53. The van der Waals surface area contributed by atoms with Crippen LogP contribution in [0.15, 0.2) is 42.5 Å². The zero-order chi connectivity index (χ0) is 19.4. The molecule has 0 spiro atoms. The monoisotopic (exact) mass is 373 g/mol. The number of carboxylic acids is 1. The molecule has 1 aliphatic rings. The fourth-order valence-corrected chi connectivity index (χ4v) is 3.35. The maximum atomic E-state index is 13.8. The van der Waals surface area contributed by atoms with E-state index in [9.17, 15) is 19.1 Å². The van der Waals surface area contributed by atoms with Gasteiger partial charge in [-0.3, -0.25) is 4.79 Å². The van der Waals surface area contributed by atoms with Crippen LogP contribution in [-0.4, -0.2) is 37.3 Å². The molecule has 0 aromatic heterocycles. The number of methoxy groups -OCH3 is 1. The maximum absolute atomic E-state index is 13.8. The molecule has 1 saturated heterocycles. The van der Waals surface area contributed by atoms with E-state index >= 15 is 0 Å². The summed E-state index contributed by atoms with van der Waals surface area (Å²) in [5.74, 6) is -1.67. The van der Waals surface area contributed by atoms with Crippen LogP contribution in [0, 0.1) is 5.82 Å². The molecule has 27 heavy (non-hydrogen) atoms. The summed E-state index contributed by atoms with van der Waals surface area (Å²) in [6.07, 6.45) is 0.846. The van der Waals surface area contributed by atoms with Crippen molar-refractivity contribution in [1.82, 2.24) is 0 Å². The van der Waals surface area contributed by atoms with Gasteiger partial charge in [-0.25, -0.2) is 9.18 Å². The van der Waals surface area contributed by atoms with Gasteiger partial charge in [-0.2, -0.15) is 0 Å². The van der Waals surface area contributed by atoms with Gasteiger partial charge in [0.1, 0.15) is 17.1 Å². The average Bonchev–Trinajstić information content (AvgIpc) is 2.68. The molecular formula is C20H20FNO5. The molecule has 0 atom stereocenters. The topological polar surface area (TPSA) is 84.9 Å². The Labute approximate surface area is 155 Å². The molecular weight excluding hydrogens is 353 g/mol. The molecule has 142 valence electrons. The average molecular weight is 373 g/mol. The van der Waals surface area contributed by atoms with Gasteiger partial charge >= 0.3 is 5.97 Å². The van der Waals surface area contributed by atoms with E-state index in [0.717, 1.165) is 0 Å². The lowest BCUT2D eigenvalue weighted by Gasteiger charge is -2.36. The smallest absolute Gasteiger partial charge is 0.339 e. The van der Waals surface area contributed by atoms with Crippen molar-refractivity contribution in [2.24, 2.45) is 0 Å².